The number of benzene rings is 1. The van der Waals surface area contributed by atoms with E-state index in [2.05, 4.69) is 4.98 Å². The van der Waals surface area contributed by atoms with Crippen molar-refractivity contribution in [2.75, 3.05) is 0 Å². The number of halogens is 3. The van der Waals surface area contributed by atoms with Crippen LogP contribution in [0.15, 0.2) is 42.7 Å². The number of pyridine rings is 1. The molecule has 1 aromatic carbocycles. The summed E-state index contributed by atoms with van der Waals surface area (Å²) in [4.78, 5) is 3.94. The number of rotatable bonds is 3. The molecule has 17 heavy (non-hydrogen) atoms. The van der Waals surface area contributed by atoms with Crippen LogP contribution in [0.2, 0.25) is 10.0 Å². The van der Waals surface area contributed by atoms with E-state index in [9.17, 15) is 0 Å². The standard InChI is InChI=1S/C13H10Cl3N/c14-11-4-2-1-3-10(11)12(15)7-9-5-6-17-8-13(9)16/h1-6,8,12H,7H2. The fourth-order valence-corrected chi connectivity index (χ4v) is 2.48. The van der Waals surface area contributed by atoms with Crippen LogP contribution in [-0.2, 0) is 6.42 Å². The Hall–Kier alpha value is -0.760. The van der Waals surface area contributed by atoms with Crippen molar-refractivity contribution in [3.63, 3.8) is 0 Å². The summed E-state index contributed by atoms with van der Waals surface area (Å²) in [6, 6.07) is 9.43. The molecule has 0 aliphatic heterocycles. The first kappa shape index (κ1) is 12.7. The second kappa shape index (κ2) is 5.72. The molecule has 0 aliphatic carbocycles. The zero-order valence-corrected chi connectivity index (χ0v) is 11.2. The molecule has 1 unspecified atom stereocenters. The number of nitrogens with zero attached hydrogens (tertiary/aromatic N) is 1. The molecular formula is C13H10Cl3N. The molecule has 0 saturated carbocycles. The normalized spacial score (nSPS) is 12.4. The van der Waals surface area contributed by atoms with Crippen molar-refractivity contribution in [2.45, 2.75) is 11.8 Å². The first-order chi connectivity index (χ1) is 8.18. The summed E-state index contributed by atoms with van der Waals surface area (Å²) in [7, 11) is 0. The van der Waals surface area contributed by atoms with E-state index >= 15 is 0 Å². The minimum Gasteiger partial charge on any atom is -0.263 e. The van der Waals surface area contributed by atoms with Gasteiger partial charge in [-0.1, -0.05) is 41.4 Å². The molecule has 1 aromatic heterocycles. The van der Waals surface area contributed by atoms with Crippen LogP contribution >= 0.6 is 34.8 Å². The van der Waals surface area contributed by atoms with Gasteiger partial charge in [0.05, 0.1) is 10.4 Å². The average Bonchev–Trinajstić information content (AvgIpc) is 2.32. The minimum atomic E-state index is -0.191. The Morgan fingerprint density at radius 2 is 1.82 bits per heavy atom. The van der Waals surface area contributed by atoms with Gasteiger partial charge in [0.2, 0.25) is 0 Å². The quantitative estimate of drug-likeness (QED) is 0.731. The highest BCUT2D eigenvalue weighted by Gasteiger charge is 2.13. The van der Waals surface area contributed by atoms with E-state index in [1.165, 1.54) is 0 Å². The lowest BCUT2D eigenvalue weighted by Gasteiger charge is -2.12. The van der Waals surface area contributed by atoms with E-state index in [1.54, 1.807) is 12.4 Å². The largest absolute Gasteiger partial charge is 0.263 e. The molecule has 4 heteroatoms. The fourth-order valence-electron chi connectivity index (χ4n) is 1.60. The van der Waals surface area contributed by atoms with Crippen molar-refractivity contribution in [2.24, 2.45) is 0 Å². The summed E-state index contributed by atoms with van der Waals surface area (Å²) >= 11 is 18.5. The lowest BCUT2D eigenvalue weighted by molar-refractivity contribution is 0.917. The van der Waals surface area contributed by atoms with Gasteiger partial charge in [0.15, 0.2) is 0 Å². The summed E-state index contributed by atoms with van der Waals surface area (Å²) in [6.45, 7) is 0. The molecule has 0 fully saturated rings. The fraction of sp³-hybridized carbons (Fsp3) is 0.154. The van der Waals surface area contributed by atoms with E-state index < -0.39 is 0 Å². The topological polar surface area (TPSA) is 12.9 Å². The van der Waals surface area contributed by atoms with Crippen LogP contribution in [0.5, 0.6) is 0 Å². The van der Waals surface area contributed by atoms with Gasteiger partial charge < -0.3 is 0 Å². The molecule has 1 atom stereocenters. The smallest absolute Gasteiger partial charge is 0.0640 e. The Bertz CT molecular complexity index is 514. The highest BCUT2D eigenvalue weighted by atomic mass is 35.5. The van der Waals surface area contributed by atoms with E-state index in [1.807, 2.05) is 30.3 Å². The van der Waals surface area contributed by atoms with E-state index in [0.717, 1.165) is 11.1 Å². The van der Waals surface area contributed by atoms with Crippen LogP contribution in [0.1, 0.15) is 16.5 Å². The minimum absolute atomic E-state index is 0.191. The maximum absolute atomic E-state index is 6.35. The molecule has 2 aromatic rings. The zero-order chi connectivity index (χ0) is 12.3. The number of hydrogen-bond donors (Lipinski definition) is 0. The van der Waals surface area contributed by atoms with E-state index in [0.29, 0.717) is 16.5 Å². The maximum atomic E-state index is 6.35. The van der Waals surface area contributed by atoms with Crippen molar-refractivity contribution < 1.29 is 0 Å². The van der Waals surface area contributed by atoms with Gasteiger partial charge in [-0.3, -0.25) is 4.98 Å². The molecule has 0 aliphatic rings. The van der Waals surface area contributed by atoms with Crippen LogP contribution in [0.25, 0.3) is 0 Å². The van der Waals surface area contributed by atoms with Gasteiger partial charge >= 0.3 is 0 Å². The summed E-state index contributed by atoms with van der Waals surface area (Å²) < 4.78 is 0. The molecule has 88 valence electrons. The van der Waals surface area contributed by atoms with Gasteiger partial charge in [0.25, 0.3) is 0 Å². The summed E-state index contributed by atoms with van der Waals surface area (Å²) in [5.41, 5.74) is 1.89. The van der Waals surface area contributed by atoms with Crippen molar-refractivity contribution >= 4 is 34.8 Å². The number of alkyl halides is 1. The molecule has 2 rings (SSSR count). The highest BCUT2D eigenvalue weighted by molar-refractivity contribution is 6.33. The predicted molar refractivity (Wildman–Crippen MR) is 73.0 cm³/mol. The molecule has 0 amide bonds. The maximum Gasteiger partial charge on any atom is 0.0640 e. The Balaban J connectivity index is 2.20. The molecule has 0 saturated heterocycles. The third-order valence-corrected chi connectivity index (χ3v) is 3.57. The number of hydrogen-bond acceptors (Lipinski definition) is 1. The van der Waals surface area contributed by atoms with Gasteiger partial charge in [-0.05, 0) is 29.7 Å². The molecular weight excluding hydrogens is 277 g/mol. The van der Waals surface area contributed by atoms with E-state index in [4.69, 9.17) is 34.8 Å². The Morgan fingerprint density at radius 1 is 1.06 bits per heavy atom. The number of aromatic nitrogens is 1. The first-order valence-electron chi connectivity index (χ1n) is 5.15. The van der Waals surface area contributed by atoms with Crippen molar-refractivity contribution in [3.05, 3.63) is 63.9 Å². The monoisotopic (exact) mass is 285 g/mol. The Labute approximate surface area is 115 Å². The van der Waals surface area contributed by atoms with E-state index in [-0.39, 0.29) is 5.38 Å². The average molecular weight is 287 g/mol. The third-order valence-electron chi connectivity index (χ3n) is 2.50. The lowest BCUT2D eigenvalue weighted by Crippen LogP contribution is -1.97. The van der Waals surface area contributed by atoms with Crippen LogP contribution in [0.3, 0.4) is 0 Å². The Morgan fingerprint density at radius 3 is 2.53 bits per heavy atom. The lowest BCUT2D eigenvalue weighted by atomic mass is 10.0. The summed E-state index contributed by atoms with van der Waals surface area (Å²) in [5, 5.41) is 1.12. The van der Waals surface area contributed by atoms with Crippen molar-refractivity contribution in [1.82, 2.24) is 4.98 Å². The molecule has 0 radical (unpaired) electrons. The van der Waals surface area contributed by atoms with Gasteiger partial charge in [0.1, 0.15) is 0 Å². The van der Waals surface area contributed by atoms with Gasteiger partial charge in [-0.2, -0.15) is 0 Å². The molecule has 1 nitrogen and oxygen atoms in total. The van der Waals surface area contributed by atoms with Crippen molar-refractivity contribution in [3.8, 4) is 0 Å². The van der Waals surface area contributed by atoms with Crippen molar-refractivity contribution in [1.29, 1.82) is 0 Å². The highest BCUT2D eigenvalue weighted by Crippen LogP contribution is 2.31. The Kier molecular flexibility index (Phi) is 4.27. The van der Waals surface area contributed by atoms with Crippen LogP contribution in [0.4, 0.5) is 0 Å². The van der Waals surface area contributed by atoms with Gasteiger partial charge in [0, 0.05) is 17.4 Å². The molecule has 0 spiro atoms. The second-order valence-corrected chi connectivity index (χ2v) is 5.00. The summed E-state index contributed by atoms with van der Waals surface area (Å²) in [6.07, 6.45) is 3.96. The zero-order valence-electron chi connectivity index (χ0n) is 8.91. The second-order valence-electron chi connectivity index (χ2n) is 3.66. The summed E-state index contributed by atoms with van der Waals surface area (Å²) in [5.74, 6) is 0. The van der Waals surface area contributed by atoms with Crippen LogP contribution in [0, 0.1) is 0 Å². The van der Waals surface area contributed by atoms with Gasteiger partial charge in [-0.25, -0.2) is 0 Å². The molecule has 1 heterocycles. The third kappa shape index (κ3) is 3.12. The van der Waals surface area contributed by atoms with Crippen LogP contribution in [-0.4, -0.2) is 4.98 Å². The van der Waals surface area contributed by atoms with Crippen LogP contribution < -0.4 is 0 Å². The molecule has 0 N–H and O–H groups in total. The SMILES string of the molecule is Clc1cnccc1CC(Cl)c1ccccc1Cl. The first-order valence-corrected chi connectivity index (χ1v) is 6.34. The predicted octanol–water partition coefficient (Wildman–Crippen LogP) is 4.91. The van der Waals surface area contributed by atoms with Gasteiger partial charge in [-0.15, -0.1) is 11.6 Å². The molecule has 0 bridgehead atoms.